The Morgan fingerprint density at radius 3 is 2.43 bits per heavy atom. The zero-order valence-electron chi connectivity index (χ0n) is 12.8. The lowest BCUT2D eigenvalue weighted by Gasteiger charge is -2.17. The third-order valence-electron chi connectivity index (χ3n) is 3.33. The van der Waals surface area contributed by atoms with Gasteiger partial charge in [0.2, 0.25) is 0 Å². The van der Waals surface area contributed by atoms with Crippen molar-refractivity contribution in [1.82, 2.24) is 0 Å². The molecule has 21 heavy (non-hydrogen) atoms. The number of ether oxygens (including phenoxy) is 1. The molecule has 1 atom stereocenters. The Morgan fingerprint density at radius 2 is 1.76 bits per heavy atom. The van der Waals surface area contributed by atoms with Gasteiger partial charge in [-0.3, -0.25) is 0 Å². The van der Waals surface area contributed by atoms with Crippen molar-refractivity contribution in [2.75, 3.05) is 0 Å². The molecule has 2 rings (SSSR count). The van der Waals surface area contributed by atoms with Crippen molar-refractivity contribution in [3.63, 3.8) is 0 Å². The molecule has 0 saturated carbocycles. The van der Waals surface area contributed by atoms with Crippen LogP contribution in [0.4, 0.5) is 0 Å². The Labute approximate surface area is 135 Å². The fraction of sp³-hybridized carbons (Fsp3) is 0.333. The number of benzene rings is 2. The summed E-state index contributed by atoms with van der Waals surface area (Å²) in [5.41, 5.74) is 8.26. The lowest BCUT2D eigenvalue weighted by Crippen LogP contribution is -2.18. The van der Waals surface area contributed by atoms with E-state index >= 15 is 0 Å². The molecule has 0 aliphatic carbocycles. The smallest absolute Gasteiger partial charge is 0.130 e. The summed E-state index contributed by atoms with van der Waals surface area (Å²) in [6.45, 7) is 6.35. The van der Waals surface area contributed by atoms with Gasteiger partial charge in [-0.05, 0) is 54.7 Å². The van der Waals surface area contributed by atoms with E-state index in [0.29, 0.717) is 5.92 Å². The third kappa shape index (κ3) is 4.32. The van der Waals surface area contributed by atoms with Gasteiger partial charge in [-0.2, -0.15) is 0 Å². The van der Waals surface area contributed by atoms with Crippen LogP contribution in [0.1, 0.15) is 37.8 Å². The van der Waals surface area contributed by atoms with Crippen molar-refractivity contribution in [3.05, 3.63) is 58.1 Å². The average molecular weight is 348 g/mol. The number of rotatable bonds is 5. The lowest BCUT2D eigenvalue weighted by atomic mass is 10.0. The highest BCUT2D eigenvalue weighted by atomic mass is 79.9. The highest BCUT2D eigenvalue weighted by Gasteiger charge is 2.12. The Hall–Kier alpha value is -1.32. The van der Waals surface area contributed by atoms with Gasteiger partial charge in [-0.15, -0.1) is 0 Å². The molecule has 0 fully saturated rings. The Kier molecular flexibility index (Phi) is 5.43. The Balaban J connectivity index is 2.34. The predicted molar refractivity (Wildman–Crippen MR) is 92.1 cm³/mol. The summed E-state index contributed by atoms with van der Waals surface area (Å²) in [7, 11) is 0. The zero-order valence-corrected chi connectivity index (χ0v) is 14.4. The quantitative estimate of drug-likeness (QED) is 0.800. The second-order valence-corrected chi connectivity index (χ2v) is 6.64. The van der Waals surface area contributed by atoms with Crippen molar-refractivity contribution in [2.45, 2.75) is 39.2 Å². The molecular formula is C18H22BrNO. The molecule has 0 saturated heterocycles. The molecule has 0 spiro atoms. The third-order valence-corrected chi connectivity index (χ3v) is 3.82. The second-order valence-electron chi connectivity index (χ2n) is 5.73. The van der Waals surface area contributed by atoms with E-state index in [1.54, 1.807) is 0 Å². The van der Waals surface area contributed by atoms with E-state index in [2.05, 4.69) is 41.9 Å². The van der Waals surface area contributed by atoms with Crippen LogP contribution in [-0.2, 0) is 6.42 Å². The summed E-state index contributed by atoms with van der Waals surface area (Å²) in [5.74, 6) is 2.20. The first-order valence-electron chi connectivity index (χ1n) is 7.28. The van der Waals surface area contributed by atoms with Gasteiger partial charge >= 0.3 is 0 Å². The van der Waals surface area contributed by atoms with E-state index in [9.17, 15) is 0 Å². The van der Waals surface area contributed by atoms with Gasteiger partial charge in [0.25, 0.3) is 0 Å². The molecule has 2 nitrogen and oxygen atoms in total. The number of nitrogens with two attached hydrogens (primary N) is 1. The van der Waals surface area contributed by atoms with Crippen molar-refractivity contribution >= 4 is 15.9 Å². The largest absolute Gasteiger partial charge is 0.457 e. The van der Waals surface area contributed by atoms with Crippen LogP contribution in [0.2, 0.25) is 0 Å². The van der Waals surface area contributed by atoms with Crippen LogP contribution in [0.3, 0.4) is 0 Å². The molecule has 2 aromatic carbocycles. The maximum Gasteiger partial charge on any atom is 0.130 e. The first kappa shape index (κ1) is 16.1. The number of hydrogen-bond acceptors (Lipinski definition) is 2. The van der Waals surface area contributed by atoms with E-state index in [0.717, 1.165) is 28.0 Å². The lowest BCUT2D eigenvalue weighted by molar-refractivity contribution is 0.465. The highest BCUT2D eigenvalue weighted by Crippen LogP contribution is 2.34. The fourth-order valence-corrected chi connectivity index (χ4v) is 2.68. The van der Waals surface area contributed by atoms with Gasteiger partial charge in [-0.25, -0.2) is 0 Å². The van der Waals surface area contributed by atoms with E-state index in [1.165, 1.54) is 5.56 Å². The SMILES string of the molecule is CC(N)Cc1ccccc1Oc1ccc(Br)cc1C(C)C. The van der Waals surface area contributed by atoms with Crippen LogP contribution in [-0.4, -0.2) is 6.04 Å². The minimum absolute atomic E-state index is 0.115. The molecule has 0 heterocycles. The minimum Gasteiger partial charge on any atom is -0.457 e. The standard InChI is InChI=1S/C18H22BrNO/c1-12(2)16-11-15(19)8-9-18(16)21-17-7-5-4-6-14(17)10-13(3)20/h4-9,11-13H,10,20H2,1-3H3. The van der Waals surface area contributed by atoms with E-state index in [1.807, 2.05) is 37.3 Å². The first-order chi connectivity index (χ1) is 9.97. The van der Waals surface area contributed by atoms with Gasteiger partial charge in [-0.1, -0.05) is 48.0 Å². The molecule has 0 aliphatic heterocycles. The van der Waals surface area contributed by atoms with Crippen LogP contribution >= 0.6 is 15.9 Å². The normalized spacial score (nSPS) is 12.5. The molecule has 0 amide bonds. The summed E-state index contributed by atoms with van der Waals surface area (Å²) in [6.07, 6.45) is 0.809. The molecule has 3 heteroatoms. The molecule has 1 unspecified atom stereocenters. The van der Waals surface area contributed by atoms with Gasteiger partial charge in [0.1, 0.15) is 11.5 Å². The van der Waals surface area contributed by atoms with Crippen molar-refractivity contribution < 1.29 is 4.74 Å². The van der Waals surface area contributed by atoms with E-state index in [4.69, 9.17) is 10.5 Å². The van der Waals surface area contributed by atoms with Crippen LogP contribution in [0, 0.1) is 0 Å². The van der Waals surface area contributed by atoms with E-state index in [-0.39, 0.29) is 6.04 Å². The van der Waals surface area contributed by atoms with Gasteiger partial charge in [0.05, 0.1) is 0 Å². The topological polar surface area (TPSA) is 35.2 Å². The first-order valence-corrected chi connectivity index (χ1v) is 8.07. The van der Waals surface area contributed by atoms with Crippen LogP contribution in [0.15, 0.2) is 46.9 Å². The highest BCUT2D eigenvalue weighted by molar-refractivity contribution is 9.10. The fourth-order valence-electron chi connectivity index (χ4n) is 2.30. The van der Waals surface area contributed by atoms with Gasteiger partial charge in [0, 0.05) is 10.5 Å². The van der Waals surface area contributed by atoms with Gasteiger partial charge in [0.15, 0.2) is 0 Å². The molecule has 0 bridgehead atoms. The van der Waals surface area contributed by atoms with Crippen LogP contribution in [0.5, 0.6) is 11.5 Å². The summed E-state index contributed by atoms with van der Waals surface area (Å²) in [5, 5.41) is 0. The summed E-state index contributed by atoms with van der Waals surface area (Å²) < 4.78 is 7.25. The molecule has 0 radical (unpaired) electrons. The Morgan fingerprint density at radius 1 is 1.05 bits per heavy atom. The summed E-state index contributed by atoms with van der Waals surface area (Å²) >= 11 is 3.53. The summed E-state index contributed by atoms with van der Waals surface area (Å²) in [6, 6.07) is 14.4. The average Bonchev–Trinajstić information content (AvgIpc) is 2.42. The van der Waals surface area contributed by atoms with Crippen molar-refractivity contribution in [3.8, 4) is 11.5 Å². The van der Waals surface area contributed by atoms with Gasteiger partial charge < -0.3 is 10.5 Å². The minimum atomic E-state index is 0.115. The number of hydrogen-bond donors (Lipinski definition) is 1. The molecule has 0 aliphatic rings. The molecule has 2 aromatic rings. The van der Waals surface area contributed by atoms with Crippen molar-refractivity contribution in [2.24, 2.45) is 5.73 Å². The van der Waals surface area contributed by atoms with Crippen molar-refractivity contribution in [1.29, 1.82) is 0 Å². The molecule has 0 aromatic heterocycles. The Bertz CT molecular complexity index is 608. The predicted octanol–water partition coefficient (Wildman–Crippen LogP) is 5.25. The maximum atomic E-state index is 6.18. The summed E-state index contributed by atoms with van der Waals surface area (Å²) in [4.78, 5) is 0. The van der Waals surface area contributed by atoms with Crippen LogP contribution in [0.25, 0.3) is 0 Å². The van der Waals surface area contributed by atoms with Crippen LogP contribution < -0.4 is 10.5 Å². The molecular weight excluding hydrogens is 326 g/mol. The van der Waals surface area contributed by atoms with E-state index < -0.39 is 0 Å². The second kappa shape index (κ2) is 7.10. The molecule has 2 N–H and O–H groups in total. The number of halogens is 1. The molecule has 112 valence electrons. The number of para-hydroxylation sites is 1. The monoisotopic (exact) mass is 347 g/mol. The zero-order chi connectivity index (χ0) is 15.4. The maximum absolute atomic E-state index is 6.18.